The van der Waals surface area contributed by atoms with Crippen LogP contribution in [0.3, 0.4) is 0 Å². The van der Waals surface area contributed by atoms with Gasteiger partial charge in [0.15, 0.2) is 0 Å². The second kappa shape index (κ2) is 10.5. The molecule has 2 N–H and O–H groups in total. The van der Waals surface area contributed by atoms with Gasteiger partial charge in [-0.1, -0.05) is 43.4 Å². The number of hydrogen-bond acceptors (Lipinski definition) is 3. The summed E-state index contributed by atoms with van der Waals surface area (Å²) in [6.07, 6.45) is 7.05. The van der Waals surface area contributed by atoms with Gasteiger partial charge in [-0.25, -0.2) is 4.79 Å². The van der Waals surface area contributed by atoms with Crippen LogP contribution in [0.15, 0.2) is 48.5 Å². The van der Waals surface area contributed by atoms with Gasteiger partial charge < -0.3 is 20.4 Å². The minimum absolute atomic E-state index is 0.258. The lowest BCUT2D eigenvalue weighted by Crippen LogP contribution is -2.48. The largest absolute Gasteiger partial charge is 0.368 e. The zero-order chi connectivity index (χ0) is 22.3. The van der Waals surface area contributed by atoms with Crippen LogP contribution in [0.5, 0.6) is 0 Å². The lowest BCUT2D eigenvalue weighted by atomic mass is 10.0. The topological polar surface area (TPSA) is 64.7 Å². The molecular weight excluding hydrogens is 400 g/mol. The lowest BCUT2D eigenvalue weighted by Gasteiger charge is -2.36. The van der Waals surface area contributed by atoms with Crippen molar-refractivity contribution in [1.82, 2.24) is 4.90 Å². The Morgan fingerprint density at radius 3 is 2.00 bits per heavy atom. The van der Waals surface area contributed by atoms with E-state index in [1.165, 1.54) is 25.7 Å². The molecule has 170 valence electrons. The third-order valence-electron chi connectivity index (χ3n) is 6.67. The zero-order valence-electron chi connectivity index (χ0n) is 19.0. The van der Waals surface area contributed by atoms with Gasteiger partial charge in [0, 0.05) is 49.7 Å². The first-order valence-corrected chi connectivity index (χ1v) is 11.8. The van der Waals surface area contributed by atoms with Crippen molar-refractivity contribution in [2.24, 2.45) is 5.92 Å². The maximum atomic E-state index is 12.6. The van der Waals surface area contributed by atoms with Crippen LogP contribution in [-0.4, -0.2) is 43.0 Å². The molecule has 0 bridgehead atoms. The maximum Gasteiger partial charge on any atom is 0.323 e. The molecular formula is C26H34N4O2. The number of piperazine rings is 1. The number of anilines is 3. The van der Waals surface area contributed by atoms with Crippen LogP contribution in [0.2, 0.25) is 0 Å². The third kappa shape index (κ3) is 6.02. The number of amides is 3. The average molecular weight is 435 g/mol. The van der Waals surface area contributed by atoms with Crippen molar-refractivity contribution >= 4 is 29.0 Å². The fourth-order valence-corrected chi connectivity index (χ4v) is 4.68. The predicted molar refractivity (Wildman–Crippen MR) is 130 cm³/mol. The SMILES string of the molecule is Cc1ccc(NC(=O)Nc2ccc(N3CCN(C(=O)CCC4CCCC4)CC3)cc2)cc1. The quantitative estimate of drug-likeness (QED) is 0.652. The van der Waals surface area contributed by atoms with Gasteiger partial charge in [0.2, 0.25) is 5.91 Å². The summed E-state index contributed by atoms with van der Waals surface area (Å²) < 4.78 is 0. The Morgan fingerprint density at radius 2 is 1.41 bits per heavy atom. The standard InChI is InChI=1S/C26H34N4O2/c1-20-6-9-22(10-7-20)27-26(32)28-23-11-13-24(14-12-23)29-16-18-30(19-17-29)25(31)15-8-21-4-2-3-5-21/h6-7,9-14,21H,2-5,8,15-19H2,1H3,(H2,27,28,32). The molecule has 1 saturated carbocycles. The molecule has 0 atom stereocenters. The molecule has 1 heterocycles. The number of rotatable bonds is 6. The molecule has 3 amide bonds. The number of urea groups is 1. The Balaban J connectivity index is 1.21. The molecule has 4 rings (SSSR count). The minimum atomic E-state index is -0.258. The molecule has 2 aromatic rings. The highest BCUT2D eigenvalue weighted by Crippen LogP contribution is 2.29. The molecule has 32 heavy (non-hydrogen) atoms. The van der Waals surface area contributed by atoms with E-state index in [9.17, 15) is 9.59 Å². The molecule has 6 nitrogen and oxygen atoms in total. The van der Waals surface area contributed by atoms with Crippen LogP contribution in [0, 0.1) is 12.8 Å². The van der Waals surface area contributed by atoms with Gasteiger partial charge in [0.25, 0.3) is 0 Å². The summed E-state index contributed by atoms with van der Waals surface area (Å²) >= 11 is 0. The first-order valence-electron chi connectivity index (χ1n) is 11.8. The van der Waals surface area contributed by atoms with Crippen molar-refractivity contribution in [3.63, 3.8) is 0 Å². The van der Waals surface area contributed by atoms with E-state index in [1.807, 2.05) is 60.4 Å². The van der Waals surface area contributed by atoms with Crippen molar-refractivity contribution in [1.29, 1.82) is 0 Å². The Hall–Kier alpha value is -3.02. The summed E-state index contributed by atoms with van der Waals surface area (Å²) in [5.74, 6) is 1.09. The molecule has 2 fully saturated rings. The Morgan fingerprint density at radius 1 is 0.844 bits per heavy atom. The van der Waals surface area contributed by atoms with Gasteiger partial charge in [0.1, 0.15) is 0 Å². The zero-order valence-corrected chi connectivity index (χ0v) is 19.0. The number of carbonyl (C=O) groups is 2. The molecule has 0 spiro atoms. The van der Waals surface area contributed by atoms with Gasteiger partial charge >= 0.3 is 6.03 Å². The van der Waals surface area contributed by atoms with E-state index in [-0.39, 0.29) is 6.03 Å². The number of nitrogens with one attached hydrogen (secondary N) is 2. The summed E-state index contributed by atoms with van der Waals surface area (Å²) in [4.78, 5) is 29.1. The summed E-state index contributed by atoms with van der Waals surface area (Å²) in [7, 11) is 0. The molecule has 0 radical (unpaired) electrons. The number of aryl methyl sites for hydroxylation is 1. The van der Waals surface area contributed by atoms with Crippen molar-refractivity contribution < 1.29 is 9.59 Å². The van der Waals surface area contributed by atoms with Crippen LogP contribution in [0.25, 0.3) is 0 Å². The van der Waals surface area contributed by atoms with Crippen molar-refractivity contribution in [2.75, 3.05) is 41.7 Å². The summed E-state index contributed by atoms with van der Waals surface area (Å²) in [5.41, 5.74) is 3.79. The van der Waals surface area contributed by atoms with Crippen LogP contribution < -0.4 is 15.5 Å². The van der Waals surface area contributed by atoms with Gasteiger partial charge in [0.05, 0.1) is 0 Å². The number of nitrogens with zero attached hydrogens (tertiary/aromatic N) is 2. The molecule has 1 saturated heterocycles. The van der Waals surface area contributed by atoms with Crippen LogP contribution in [0.4, 0.5) is 21.9 Å². The molecule has 6 heteroatoms. The predicted octanol–water partition coefficient (Wildman–Crippen LogP) is 5.26. The second-order valence-electron chi connectivity index (χ2n) is 9.05. The fourth-order valence-electron chi connectivity index (χ4n) is 4.68. The lowest BCUT2D eigenvalue weighted by molar-refractivity contribution is -0.131. The van der Waals surface area contributed by atoms with Crippen molar-refractivity contribution in [2.45, 2.75) is 45.4 Å². The van der Waals surface area contributed by atoms with E-state index in [4.69, 9.17) is 0 Å². The molecule has 2 aliphatic rings. The Bertz CT molecular complexity index is 896. The first kappa shape index (κ1) is 22.2. The highest BCUT2D eigenvalue weighted by atomic mass is 16.2. The van der Waals surface area contributed by atoms with E-state index in [2.05, 4.69) is 15.5 Å². The Kier molecular flexibility index (Phi) is 7.30. The summed E-state index contributed by atoms with van der Waals surface area (Å²) in [6, 6.07) is 15.3. The monoisotopic (exact) mass is 434 g/mol. The van der Waals surface area contributed by atoms with Gasteiger partial charge in [-0.05, 0) is 55.7 Å². The van der Waals surface area contributed by atoms with E-state index >= 15 is 0 Å². The number of hydrogen-bond donors (Lipinski definition) is 2. The first-order chi connectivity index (χ1) is 15.6. The highest BCUT2D eigenvalue weighted by Gasteiger charge is 2.23. The maximum absolute atomic E-state index is 12.6. The van der Waals surface area contributed by atoms with Crippen LogP contribution in [0.1, 0.15) is 44.1 Å². The Labute approximate surface area is 191 Å². The van der Waals surface area contributed by atoms with Crippen LogP contribution >= 0.6 is 0 Å². The molecule has 1 aliphatic carbocycles. The minimum Gasteiger partial charge on any atom is -0.368 e. The van der Waals surface area contributed by atoms with E-state index in [0.29, 0.717) is 12.3 Å². The molecule has 2 aromatic carbocycles. The normalized spacial score (nSPS) is 16.8. The van der Waals surface area contributed by atoms with Gasteiger partial charge in [-0.2, -0.15) is 0 Å². The second-order valence-corrected chi connectivity index (χ2v) is 9.05. The average Bonchev–Trinajstić information content (AvgIpc) is 3.33. The fraction of sp³-hybridized carbons (Fsp3) is 0.462. The van der Waals surface area contributed by atoms with Crippen LogP contribution in [-0.2, 0) is 4.79 Å². The van der Waals surface area contributed by atoms with E-state index in [1.54, 1.807) is 0 Å². The number of benzene rings is 2. The van der Waals surface area contributed by atoms with E-state index < -0.39 is 0 Å². The van der Waals surface area contributed by atoms with E-state index in [0.717, 1.165) is 61.1 Å². The van der Waals surface area contributed by atoms with Crippen molar-refractivity contribution in [3.8, 4) is 0 Å². The highest BCUT2D eigenvalue weighted by molar-refractivity contribution is 5.99. The van der Waals surface area contributed by atoms with Gasteiger partial charge in [-0.15, -0.1) is 0 Å². The third-order valence-corrected chi connectivity index (χ3v) is 6.67. The van der Waals surface area contributed by atoms with Crippen molar-refractivity contribution in [3.05, 3.63) is 54.1 Å². The van der Waals surface area contributed by atoms with Gasteiger partial charge in [-0.3, -0.25) is 4.79 Å². The smallest absolute Gasteiger partial charge is 0.323 e. The molecule has 0 aromatic heterocycles. The summed E-state index contributed by atoms with van der Waals surface area (Å²) in [6.45, 7) is 5.26. The molecule has 0 unspecified atom stereocenters. The number of carbonyl (C=O) groups excluding carboxylic acids is 2. The molecule has 1 aliphatic heterocycles. The summed E-state index contributed by atoms with van der Waals surface area (Å²) in [5, 5.41) is 5.71.